The number of rotatable bonds is 6. The van der Waals surface area contributed by atoms with Crippen LogP contribution in [0.3, 0.4) is 0 Å². The summed E-state index contributed by atoms with van der Waals surface area (Å²) in [6.45, 7) is 0. The van der Waals surface area contributed by atoms with Crippen LogP contribution >= 0.6 is 0 Å². The van der Waals surface area contributed by atoms with Gasteiger partial charge in [-0.05, 0) is 24.3 Å². The van der Waals surface area contributed by atoms with E-state index in [1.807, 2.05) is 0 Å². The summed E-state index contributed by atoms with van der Waals surface area (Å²) in [6.07, 6.45) is 1.34. The minimum atomic E-state index is -0.683. The van der Waals surface area contributed by atoms with E-state index in [2.05, 4.69) is 15.1 Å². The first-order valence-electron chi connectivity index (χ1n) is 9.19. The molecule has 0 atom stereocenters. The van der Waals surface area contributed by atoms with Gasteiger partial charge in [0.05, 0.1) is 40.2 Å². The standard InChI is InChI=1S/C21H20N4O6/c1-28-12-5-6-14-13(8-12)18-19(23-14)20(26)25(21(27)24-18)22-10-11-7-16(30-3)17(31-4)9-15(11)29-2/h5-10,23H,1-4H3,(H,24,27). The second kappa shape index (κ2) is 7.90. The number of ether oxygens (including phenoxy) is 4. The van der Waals surface area contributed by atoms with Gasteiger partial charge < -0.3 is 28.9 Å². The van der Waals surface area contributed by atoms with Gasteiger partial charge in [0.25, 0.3) is 0 Å². The van der Waals surface area contributed by atoms with Crippen molar-refractivity contribution in [3.63, 3.8) is 0 Å². The fourth-order valence-electron chi connectivity index (χ4n) is 3.32. The Kier molecular flexibility index (Phi) is 5.12. The summed E-state index contributed by atoms with van der Waals surface area (Å²) in [7, 11) is 6.04. The van der Waals surface area contributed by atoms with Crippen molar-refractivity contribution in [3.05, 3.63) is 56.7 Å². The molecule has 2 N–H and O–H groups in total. The molecule has 4 rings (SSSR count). The largest absolute Gasteiger partial charge is 0.497 e. The first-order chi connectivity index (χ1) is 15.0. The van der Waals surface area contributed by atoms with Crippen molar-refractivity contribution in [2.24, 2.45) is 5.10 Å². The van der Waals surface area contributed by atoms with Crippen molar-refractivity contribution in [2.45, 2.75) is 0 Å². The molecule has 0 aliphatic carbocycles. The van der Waals surface area contributed by atoms with Gasteiger partial charge in [0, 0.05) is 22.5 Å². The summed E-state index contributed by atoms with van der Waals surface area (Å²) in [6, 6.07) is 8.53. The Morgan fingerprint density at radius 3 is 2.23 bits per heavy atom. The second-order valence-electron chi connectivity index (χ2n) is 6.53. The van der Waals surface area contributed by atoms with Gasteiger partial charge in [-0.3, -0.25) is 4.79 Å². The average Bonchev–Trinajstić information content (AvgIpc) is 3.16. The molecule has 0 aliphatic rings. The first-order valence-corrected chi connectivity index (χ1v) is 9.19. The monoisotopic (exact) mass is 424 g/mol. The lowest BCUT2D eigenvalue weighted by Crippen LogP contribution is -2.32. The summed E-state index contributed by atoms with van der Waals surface area (Å²) in [4.78, 5) is 31.3. The van der Waals surface area contributed by atoms with Crippen LogP contribution in [-0.4, -0.2) is 49.3 Å². The molecule has 4 aromatic rings. The quantitative estimate of drug-likeness (QED) is 0.458. The molecule has 0 fully saturated rings. The van der Waals surface area contributed by atoms with Crippen molar-refractivity contribution < 1.29 is 18.9 Å². The predicted molar refractivity (Wildman–Crippen MR) is 116 cm³/mol. The van der Waals surface area contributed by atoms with Gasteiger partial charge in [-0.15, -0.1) is 4.68 Å². The highest BCUT2D eigenvalue weighted by Gasteiger charge is 2.14. The van der Waals surface area contributed by atoms with Crippen molar-refractivity contribution >= 4 is 28.2 Å². The van der Waals surface area contributed by atoms with Gasteiger partial charge in [-0.2, -0.15) is 5.10 Å². The zero-order chi connectivity index (χ0) is 22.1. The number of nitrogens with one attached hydrogen (secondary N) is 2. The third kappa shape index (κ3) is 3.37. The SMILES string of the molecule is COc1ccc2[nH]c3c(=O)n(N=Cc4cc(OC)c(OC)cc4OC)c(=O)[nH]c3c2c1. The Morgan fingerprint density at radius 2 is 1.55 bits per heavy atom. The summed E-state index contributed by atoms with van der Waals surface area (Å²) < 4.78 is 21.9. The molecule has 10 heteroatoms. The van der Waals surface area contributed by atoms with Crippen LogP contribution in [-0.2, 0) is 0 Å². The second-order valence-corrected chi connectivity index (χ2v) is 6.53. The zero-order valence-electron chi connectivity index (χ0n) is 17.3. The zero-order valence-corrected chi connectivity index (χ0v) is 17.3. The molecule has 0 saturated carbocycles. The van der Waals surface area contributed by atoms with Crippen LogP contribution in [0.15, 0.2) is 45.0 Å². The fraction of sp³-hybridized carbons (Fsp3) is 0.190. The Balaban J connectivity index is 1.86. The van der Waals surface area contributed by atoms with Gasteiger partial charge in [-0.1, -0.05) is 0 Å². The number of fused-ring (bicyclic) bond motifs is 3. The van der Waals surface area contributed by atoms with Crippen LogP contribution in [0, 0.1) is 0 Å². The number of nitrogens with zero attached hydrogens (tertiary/aromatic N) is 2. The maximum absolute atomic E-state index is 13.0. The van der Waals surface area contributed by atoms with Gasteiger partial charge in [0.1, 0.15) is 17.0 Å². The summed E-state index contributed by atoms with van der Waals surface area (Å²) in [5, 5.41) is 4.75. The lowest BCUT2D eigenvalue weighted by Gasteiger charge is -2.11. The molecule has 31 heavy (non-hydrogen) atoms. The molecule has 0 amide bonds. The number of methoxy groups -OCH3 is 4. The smallest absolute Gasteiger partial charge is 0.350 e. The van der Waals surface area contributed by atoms with Crippen LogP contribution < -0.4 is 30.2 Å². The predicted octanol–water partition coefficient (Wildman–Crippen LogP) is 2.09. The average molecular weight is 424 g/mol. The minimum Gasteiger partial charge on any atom is -0.497 e. The third-order valence-corrected chi connectivity index (χ3v) is 4.88. The number of H-pyrrole nitrogens is 2. The van der Waals surface area contributed by atoms with Gasteiger partial charge in [0.2, 0.25) is 0 Å². The lowest BCUT2D eigenvalue weighted by atomic mass is 10.2. The lowest BCUT2D eigenvalue weighted by molar-refractivity contribution is 0.349. The first kappa shape index (κ1) is 20.1. The van der Waals surface area contributed by atoms with Crippen LogP contribution in [0.25, 0.3) is 21.9 Å². The molecule has 0 unspecified atom stereocenters. The van der Waals surface area contributed by atoms with Crippen molar-refractivity contribution in [1.82, 2.24) is 14.6 Å². The Labute approximate surface area is 175 Å². The van der Waals surface area contributed by atoms with Crippen LogP contribution in [0.2, 0.25) is 0 Å². The van der Waals surface area contributed by atoms with E-state index < -0.39 is 11.2 Å². The molecular weight excluding hydrogens is 404 g/mol. The van der Waals surface area contributed by atoms with E-state index >= 15 is 0 Å². The normalized spacial score (nSPS) is 11.4. The Hall–Kier alpha value is -4.21. The molecular formula is C21H20N4O6. The topological polar surface area (TPSA) is 120 Å². The molecule has 0 spiro atoms. The van der Waals surface area contributed by atoms with Gasteiger partial charge >= 0.3 is 11.2 Å². The van der Waals surface area contributed by atoms with E-state index in [0.717, 1.165) is 4.68 Å². The van der Waals surface area contributed by atoms with Crippen molar-refractivity contribution in [3.8, 4) is 23.0 Å². The van der Waals surface area contributed by atoms with E-state index in [1.54, 1.807) is 37.4 Å². The van der Waals surface area contributed by atoms with Crippen molar-refractivity contribution in [1.29, 1.82) is 0 Å². The highest BCUT2D eigenvalue weighted by atomic mass is 16.5. The van der Waals surface area contributed by atoms with Crippen LogP contribution in [0.1, 0.15) is 5.56 Å². The number of aromatic amines is 2. The summed E-state index contributed by atoms with van der Waals surface area (Å²) in [5.74, 6) is 1.97. The van der Waals surface area contributed by atoms with E-state index in [1.165, 1.54) is 27.5 Å². The van der Waals surface area contributed by atoms with E-state index in [0.29, 0.717) is 45.0 Å². The van der Waals surface area contributed by atoms with Crippen molar-refractivity contribution in [2.75, 3.05) is 28.4 Å². The van der Waals surface area contributed by atoms with E-state index in [4.69, 9.17) is 18.9 Å². The van der Waals surface area contributed by atoms with Crippen LogP contribution in [0.4, 0.5) is 0 Å². The maximum Gasteiger partial charge on any atom is 0.350 e. The molecule has 0 saturated heterocycles. The highest BCUT2D eigenvalue weighted by Crippen LogP contribution is 2.33. The minimum absolute atomic E-state index is 0.222. The van der Waals surface area contributed by atoms with Gasteiger partial charge in [-0.25, -0.2) is 4.79 Å². The number of hydrogen-bond donors (Lipinski definition) is 2. The molecule has 0 bridgehead atoms. The Morgan fingerprint density at radius 1 is 0.839 bits per heavy atom. The molecule has 2 heterocycles. The number of hydrogen-bond acceptors (Lipinski definition) is 7. The molecule has 160 valence electrons. The van der Waals surface area contributed by atoms with Crippen LogP contribution in [0.5, 0.6) is 23.0 Å². The maximum atomic E-state index is 13.0. The Bertz CT molecular complexity index is 1430. The molecule has 0 radical (unpaired) electrons. The molecule has 2 aromatic carbocycles. The molecule has 0 aliphatic heterocycles. The van der Waals surface area contributed by atoms with E-state index in [9.17, 15) is 9.59 Å². The summed E-state index contributed by atoms with van der Waals surface area (Å²) in [5.41, 5.74) is 0.514. The molecule has 2 aromatic heterocycles. The molecule has 10 nitrogen and oxygen atoms in total. The van der Waals surface area contributed by atoms with Gasteiger partial charge in [0.15, 0.2) is 11.5 Å². The van der Waals surface area contributed by atoms with E-state index in [-0.39, 0.29) is 5.52 Å². The number of benzene rings is 2. The highest BCUT2D eigenvalue weighted by molar-refractivity contribution is 6.04. The summed E-state index contributed by atoms with van der Waals surface area (Å²) >= 11 is 0. The fourth-order valence-corrected chi connectivity index (χ4v) is 3.32. The third-order valence-electron chi connectivity index (χ3n) is 4.88. The number of aromatic nitrogens is 3.